The fraction of sp³-hybridized carbons (Fsp3) is 0.125. The molecule has 0 aliphatic heterocycles. The summed E-state index contributed by atoms with van der Waals surface area (Å²) in [5.74, 6) is -0.521. The lowest BCUT2D eigenvalue weighted by Crippen LogP contribution is -2.05. The van der Waals surface area contributed by atoms with Crippen LogP contribution in [-0.4, -0.2) is 17.6 Å². The number of aromatic nitrogens is 1. The molecule has 4 nitrogen and oxygen atoms in total. The average molecular weight is 288 g/mol. The van der Waals surface area contributed by atoms with E-state index >= 15 is 0 Å². The van der Waals surface area contributed by atoms with Crippen molar-refractivity contribution in [2.75, 3.05) is 6.61 Å². The first-order valence-corrected chi connectivity index (χ1v) is 4.46. The van der Waals surface area contributed by atoms with E-state index in [-0.39, 0.29) is 6.61 Å². The highest BCUT2D eigenvalue weighted by Gasteiger charge is 2.06. The highest BCUT2D eigenvalue weighted by Crippen LogP contribution is 2.06. The number of halogens is 1. The predicted octanol–water partition coefficient (Wildman–Crippen LogP) is 1.37. The lowest BCUT2D eigenvalue weighted by atomic mass is 10.3. The van der Waals surface area contributed by atoms with Gasteiger partial charge in [0.1, 0.15) is 6.07 Å². The zero-order chi connectivity index (χ0) is 9.68. The number of carbonyl (C=O) groups excluding carboxylic acids is 1. The number of nitrogens with zero attached hydrogens (tertiary/aromatic N) is 2. The molecule has 0 unspecified atom stereocenters. The number of pyridine rings is 1. The molecular weight excluding hydrogens is 283 g/mol. The Labute approximate surface area is 88.7 Å². The molecule has 0 bridgehead atoms. The maximum atomic E-state index is 11.1. The highest BCUT2D eigenvalue weighted by molar-refractivity contribution is 14.1. The van der Waals surface area contributed by atoms with Crippen molar-refractivity contribution in [1.82, 2.24) is 4.98 Å². The molecule has 0 N–H and O–H groups in total. The molecule has 0 radical (unpaired) electrons. The molecule has 0 aromatic carbocycles. The Morgan fingerprint density at radius 2 is 2.46 bits per heavy atom. The summed E-state index contributed by atoms with van der Waals surface area (Å²) in [6, 6.07) is 3.36. The Bertz CT molecular complexity index is 359. The predicted molar refractivity (Wildman–Crippen MR) is 52.8 cm³/mol. The molecule has 0 aliphatic rings. The molecule has 5 heteroatoms. The van der Waals surface area contributed by atoms with Crippen LogP contribution >= 0.6 is 22.6 Å². The van der Waals surface area contributed by atoms with Gasteiger partial charge in [-0.05, 0) is 28.7 Å². The maximum absolute atomic E-state index is 11.1. The number of esters is 1. The summed E-state index contributed by atoms with van der Waals surface area (Å²) in [5.41, 5.74) is 0.363. The van der Waals surface area contributed by atoms with Crippen LogP contribution in [0.1, 0.15) is 10.4 Å². The zero-order valence-electron chi connectivity index (χ0n) is 6.53. The number of ether oxygens (including phenoxy) is 1. The quantitative estimate of drug-likeness (QED) is 0.609. The molecule has 0 amide bonds. The van der Waals surface area contributed by atoms with Gasteiger partial charge >= 0.3 is 5.97 Å². The van der Waals surface area contributed by atoms with Crippen LogP contribution in [0.4, 0.5) is 0 Å². The summed E-state index contributed by atoms with van der Waals surface area (Å²) in [5, 5.41) is 8.17. The van der Waals surface area contributed by atoms with Crippen molar-refractivity contribution in [2.24, 2.45) is 0 Å². The van der Waals surface area contributed by atoms with Crippen molar-refractivity contribution in [3.8, 4) is 6.07 Å². The van der Waals surface area contributed by atoms with Crippen molar-refractivity contribution in [2.45, 2.75) is 0 Å². The van der Waals surface area contributed by atoms with Gasteiger partial charge in [0.25, 0.3) is 0 Å². The van der Waals surface area contributed by atoms with Crippen LogP contribution in [0.15, 0.2) is 18.5 Å². The molecular formula is C8H5IN2O2. The first-order chi connectivity index (χ1) is 6.24. The van der Waals surface area contributed by atoms with Crippen LogP contribution < -0.4 is 0 Å². The smallest absolute Gasteiger partial charge is 0.340 e. The van der Waals surface area contributed by atoms with Crippen LogP contribution in [-0.2, 0) is 4.74 Å². The lowest BCUT2D eigenvalue weighted by Gasteiger charge is -1.99. The summed E-state index contributed by atoms with van der Waals surface area (Å²) < 4.78 is 5.44. The van der Waals surface area contributed by atoms with Crippen molar-refractivity contribution in [1.29, 1.82) is 5.26 Å². The van der Waals surface area contributed by atoms with E-state index in [0.29, 0.717) is 5.56 Å². The van der Waals surface area contributed by atoms with Gasteiger partial charge in [0.2, 0.25) is 0 Å². The van der Waals surface area contributed by atoms with E-state index in [2.05, 4.69) is 9.72 Å². The molecule has 0 saturated heterocycles. The number of nitriles is 1. The van der Waals surface area contributed by atoms with Crippen molar-refractivity contribution < 1.29 is 9.53 Å². The largest absolute Gasteiger partial charge is 0.447 e. The number of rotatable bonds is 2. The normalized spacial score (nSPS) is 8.92. The molecule has 13 heavy (non-hydrogen) atoms. The van der Waals surface area contributed by atoms with E-state index in [1.54, 1.807) is 18.3 Å². The third-order valence-electron chi connectivity index (χ3n) is 1.21. The summed E-state index contributed by atoms with van der Waals surface area (Å²) in [6.45, 7) is -0.232. The van der Waals surface area contributed by atoms with E-state index in [4.69, 9.17) is 5.26 Å². The summed E-state index contributed by atoms with van der Waals surface area (Å²) in [4.78, 5) is 15.0. The summed E-state index contributed by atoms with van der Waals surface area (Å²) >= 11 is 2.04. The molecule has 1 aromatic heterocycles. The van der Waals surface area contributed by atoms with Gasteiger partial charge in [-0.15, -0.1) is 0 Å². The van der Waals surface area contributed by atoms with Crippen LogP contribution in [0.3, 0.4) is 0 Å². The van der Waals surface area contributed by atoms with Crippen molar-refractivity contribution in [3.63, 3.8) is 0 Å². The second kappa shape index (κ2) is 4.77. The minimum atomic E-state index is -0.521. The first kappa shape index (κ1) is 9.92. The lowest BCUT2D eigenvalue weighted by molar-refractivity contribution is 0.0554. The topological polar surface area (TPSA) is 63.0 Å². The highest BCUT2D eigenvalue weighted by atomic mass is 127. The Balaban J connectivity index is 2.72. The first-order valence-electron chi connectivity index (χ1n) is 3.38. The Hall–Kier alpha value is -1.16. The SMILES string of the molecule is N#CCOC(=O)c1cncc(I)c1. The van der Waals surface area contributed by atoms with Gasteiger partial charge in [-0.2, -0.15) is 5.26 Å². The van der Waals surface area contributed by atoms with Crippen LogP contribution in [0.5, 0.6) is 0 Å². The van der Waals surface area contributed by atoms with Gasteiger partial charge in [-0.3, -0.25) is 4.98 Å². The van der Waals surface area contributed by atoms with Gasteiger partial charge in [0.05, 0.1) is 5.56 Å². The third kappa shape index (κ3) is 2.99. The Morgan fingerprint density at radius 1 is 1.69 bits per heavy atom. The minimum absolute atomic E-state index is 0.232. The molecule has 0 saturated carbocycles. The summed E-state index contributed by atoms with van der Waals surface area (Å²) in [6.07, 6.45) is 3.03. The third-order valence-corrected chi connectivity index (χ3v) is 1.80. The molecule has 0 fully saturated rings. The monoisotopic (exact) mass is 288 g/mol. The Morgan fingerprint density at radius 3 is 3.08 bits per heavy atom. The van der Waals surface area contributed by atoms with E-state index in [1.165, 1.54) is 6.20 Å². The number of hydrogen-bond acceptors (Lipinski definition) is 4. The molecule has 0 spiro atoms. The zero-order valence-corrected chi connectivity index (χ0v) is 8.69. The Kier molecular flexibility index (Phi) is 3.64. The second-order valence-corrected chi connectivity index (χ2v) is 3.37. The fourth-order valence-corrected chi connectivity index (χ4v) is 1.20. The van der Waals surface area contributed by atoms with Gasteiger partial charge in [-0.1, -0.05) is 0 Å². The van der Waals surface area contributed by atoms with Gasteiger partial charge in [0.15, 0.2) is 6.61 Å². The molecule has 0 aliphatic carbocycles. The number of hydrogen-bond donors (Lipinski definition) is 0. The molecule has 0 atom stereocenters. The van der Waals surface area contributed by atoms with Gasteiger partial charge < -0.3 is 4.74 Å². The van der Waals surface area contributed by atoms with Gasteiger partial charge in [-0.25, -0.2) is 4.79 Å². The summed E-state index contributed by atoms with van der Waals surface area (Å²) in [7, 11) is 0. The number of carbonyl (C=O) groups is 1. The molecule has 1 heterocycles. The van der Waals surface area contributed by atoms with Crippen molar-refractivity contribution in [3.05, 3.63) is 27.6 Å². The van der Waals surface area contributed by atoms with Crippen LogP contribution in [0, 0.1) is 14.9 Å². The van der Waals surface area contributed by atoms with Gasteiger partial charge in [0, 0.05) is 16.0 Å². The van der Waals surface area contributed by atoms with E-state index in [1.807, 2.05) is 22.6 Å². The van der Waals surface area contributed by atoms with Crippen molar-refractivity contribution >= 4 is 28.6 Å². The second-order valence-electron chi connectivity index (χ2n) is 2.13. The van der Waals surface area contributed by atoms with E-state index in [9.17, 15) is 4.79 Å². The average Bonchev–Trinajstić information content (AvgIpc) is 2.14. The van der Waals surface area contributed by atoms with E-state index in [0.717, 1.165) is 3.57 Å². The standard InChI is InChI=1S/C8H5IN2O2/c9-7-3-6(4-11-5-7)8(12)13-2-1-10/h3-5H,2H2. The van der Waals surface area contributed by atoms with E-state index < -0.39 is 5.97 Å². The molecule has 1 rings (SSSR count). The molecule has 1 aromatic rings. The van der Waals surface area contributed by atoms with Crippen LogP contribution in [0.2, 0.25) is 0 Å². The minimum Gasteiger partial charge on any atom is -0.447 e. The fourth-order valence-electron chi connectivity index (χ4n) is 0.705. The van der Waals surface area contributed by atoms with Crippen LogP contribution in [0.25, 0.3) is 0 Å². The molecule has 66 valence electrons. The maximum Gasteiger partial charge on any atom is 0.340 e.